The molecule has 0 spiro atoms. The summed E-state index contributed by atoms with van der Waals surface area (Å²) in [6, 6.07) is -1.05. The molecule has 1 fully saturated rings. The van der Waals surface area contributed by atoms with Crippen molar-refractivity contribution < 1.29 is 19.8 Å². The number of amides is 2. The molecule has 0 heterocycles. The molecule has 0 bridgehead atoms. The van der Waals surface area contributed by atoms with E-state index in [0.29, 0.717) is 12.8 Å². The van der Waals surface area contributed by atoms with E-state index in [4.69, 9.17) is 5.11 Å². The number of nitrogens with one attached hydrogen (secondary N) is 1. The smallest absolute Gasteiger partial charge is 0.405 e. The average molecular weight is 202 g/mol. The third-order valence-corrected chi connectivity index (χ3v) is 2.26. The van der Waals surface area contributed by atoms with Crippen molar-refractivity contribution in [3.8, 4) is 0 Å². The van der Waals surface area contributed by atoms with Crippen molar-refractivity contribution in [1.82, 2.24) is 10.2 Å². The number of carbonyl (C=O) groups excluding carboxylic acids is 1. The van der Waals surface area contributed by atoms with Crippen molar-refractivity contribution in [3.63, 3.8) is 0 Å². The minimum Gasteiger partial charge on any atom is -0.465 e. The summed E-state index contributed by atoms with van der Waals surface area (Å²) < 4.78 is 0. The highest BCUT2D eigenvalue weighted by atomic mass is 16.4. The van der Waals surface area contributed by atoms with E-state index in [1.807, 2.05) is 5.32 Å². The van der Waals surface area contributed by atoms with Gasteiger partial charge in [0.05, 0.1) is 5.60 Å². The number of aliphatic hydroxyl groups is 1. The van der Waals surface area contributed by atoms with Crippen molar-refractivity contribution in [2.75, 3.05) is 14.1 Å². The van der Waals surface area contributed by atoms with Crippen molar-refractivity contribution in [3.05, 3.63) is 0 Å². The Balaban J connectivity index is 2.72. The van der Waals surface area contributed by atoms with Crippen LogP contribution in [0.4, 0.5) is 4.79 Å². The third-order valence-electron chi connectivity index (χ3n) is 2.26. The van der Waals surface area contributed by atoms with Gasteiger partial charge < -0.3 is 20.4 Å². The number of likely N-dealkylation sites (N-methyl/N-ethyl adjacent to an activating group) is 1. The predicted octanol–water partition coefficient (Wildman–Crippen LogP) is -0.764. The Kier molecular flexibility index (Phi) is 2.66. The number of hydrogen-bond acceptors (Lipinski definition) is 3. The van der Waals surface area contributed by atoms with Gasteiger partial charge in [0.2, 0.25) is 5.91 Å². The largest absolute Gasteiger partial charge is 0.465 e. The molecule has 0 aromatic rings. The second-order valence-corrected chi connectivity index (χ2v) is 3.72. The fraction of sp³-hybridized carbons (Fsp3) is 0.750. The number of carbonyl (C=O) groups is 2. The number of nitrogens with zero attached hydrogens (tertiary/aromatic N) is 1. The number of rotatable bonds is 3. The van der Waals surface area contributed by atoms with Crippen molar-refractivity contribution in [2.24, 2.45) is 0 Å². The minimum atomic E-state index is -1.30. The first kappa shape index (κ1) is 10.8. The lowest BCUT2D eigenvalue weighted by Gasteiger charge is -2.24. The Morgan fingerprint density at radius 1 is 1.43 bits per heavy atom. The fourth-order valence-electron chi connectivity index (χ4n) is 1.22. The first-order valence-corrected chi connectivity index (χ1v) is 4.30. The maximum atomic E-state index is 11.5. The Morgan fingerprint density at radius 3 is 2.21 bits per heavy atom. The van der Waals surface area contributed by atoms with Gasteiger partial charge in [-0.15, -0.1) is 0 Å². The van der Waals surface area contributed by atoms with E-state index >= 15 is 0 Å². The van der Waals surface area contributed by atoms with Crippen LogP contribution in [0.2, 0.25) is 0 Å². The molecular formula is C8H14N2O4. The van der Waals surface area contributed by atoms with Gasteiger partial charge in [-0.1, -0.05) is 0 Å². The van der Waals surface area contributed by atoms with E-state index in [0.717, 1.165) is 0 Å². The van der Waals surface area contributed by atoms with Crippen LogP contribution < -0.4 is 5.32 Å². The summed E-state index contributed by atoms with van der Waals surface area (Å²) in [6.45, 7) is 0. The fourth-order valence-corrected chi connectivity index (χ4v) is 1.22. The summed E-state index contributed by atoms with van der Waals surface area (Å²) in [5, 5.41) is 20.2. The van der Waals surface area contributed by atoms with Gasteiger partial charge in [0, 0.05) is 14.1 Å². The maximum Gasteiger partial charge on any atom is 0.405 e. The number of hydrogen-bond donors (Lipinski definition) is 3. The highest BCUT2D eigenvalue weighted by Crippen LogP contribution is 2.38. The highest BCUT2D eigenvalue weighted by Gasteiger charge is 2.52. The van der Waals surface area contributed by atoms with Gasteiger partial charge in [0.1, 0.15) is 6.04 Å². The summed E-state index contributed by atoms with van der Waals surface area (Å²) >= 11 is 0. The van der Waals surface area contributed by atoms with Gasteiger partial charge >= 0.3 is 6.09 Å². The van der Waals surface area contributed by atoms with E-state index < -0.39 is 23.6 Å². The van der Waals surface area contributed by atoms with E-state index in [9.17, 15) is 14.7 Å². The SMILES string of the molecule is CN(C)C(=O)[C@@H](NC(=O)O)C1(O)CC1. The first-order valence-electron chi connectivity index (χ1n) is 4.30. The van der Waals surface area contributed by atoms with Crippen LogP contribution in [-0.2, 0) is 4.79 Å². The molecule has 1 atom stereocenters. The molecule has 6 nitrogen and oxygen atoms in total. The van der Waals surface area contributed by atoms with Crippen LogP contribution in [-0.4, -0.2) is 52.9 Å². The van der Waals surface area contributed by atoms with E-state index in [1.165, 1.54) is 19.0 Å². The van der Waals surface area contributed by atoms with E-state index in [1.54, 1.807) is 0 Å². The van der Waals surface area contributed by atoms with Crippen LogP contribution in [0.25, 0.3) is 0 Å². The van der Waals surface area contributed by atoms with Crippen LogP contribution >= 0.6 is 0 Å². The Labute approximate surface area is 81.5 Å². The Bertz CT molecular complexity index is 260. The van der Waals surface area contributed by atoms with Gasteiger partial charge in [-0.05, 0) is 12.8 Å². The summed E-state index contributed by atoms with van der Waals surface area (Å²) in [5.74, 6) is -0.424. The standard InChI is InChI=1S/C8H14N2O4/c1-10(2)6(11)5(9-7(12)13)8(14)3-4-8/h5,9,14H,3-4H2,1-2H3,(H,12,13)/t5-/m1/s1. The zero-order chi connectivity index (χ0) is 10.9. The molecule has 6 heteroatoms. The molecule has 80 valence electrons. The van der Waals surface area contributed by atoms with E-state index in [-0.39, 0.29) is 0 Å². The van der Waals surface area contributed by atoms with Gasteiger partial charge in [-0.25, -0.2) is 4.79 Å². The van der Waals surface area contributed by atoms with Gasteiger partial charge in [-0.3, -0.25) is 4.79 Å². The summed E-state index contributed by atoms with van der Waals surface area (Å²) in [6.07, 6.45) is -0.389. The molecule has 0 unspecified atom stereocenters. The second-order valence-electron chi connectivity index (χ2n) is 3.72. The predicted molar refractivity (Wildman–Crippen MR) is 47.8 cm³/mol. The second kappa shape index (κ2) is 3.45. The van der Waals surface area contributed by atoms with Crippen LogP contribution in [0.5, 0.6) is 0 Å². The van der Waals surface area contributed by atoms with Crippen LogP contribution in [0.1, 0.15) is 12.8 Å². The lowest BCUT2D eigenvalue weighted by molar-refractivity contribution is -0.134. The van der Waals surface area contributed by atoms with Crippen LogP contribution in [0, 0.1) is 0 Å². The third kappa shape index (κ3) is 2.14. The molecule has 3 N–H and O–H groups in total. The maximum absolute atomic E-state index is 11.5. The molecule has 1 aliphatic rings. The van der Waals surface area contributed by atoms with Crippen molar-refractivity contribution in [1.29, 1.82) is 0 Å². The van der Waals surface area contributed by atoms with Gasteiger partial charge in [0.15, 0.2) is 0 Å². The average Bonchev–Trinajstić information content (AvgIpc) is 2.79. The van der Waals surface area contributed by atoms with Crippen LogP contribution in [0.3, 0.4) is 0 Å². The van der Waals surface area contributed by atoms with Crippen molar-refractivity contribution >= 4 is 12.0 Å². The molecular weight excluding hydrogens is 188 g/mol. The molecule has 0 aromatic carbocycles. The molecule has 0 aliphatic heterocycles. The summed E-state index contributed by atoms with van der Waals surface area (Å²) in [7, 11) is 3.04. The van der Waals surface area contributed by atoms with Crippen molar-refractivity contribution in [2.45, 2.75) is 24.5 Å². The Morgan fingerprint density at radius 2 is 1.93 bits per heavy atom. The highest BCUT2D eigenvalue weighted by molar-refractivity contribution is 5.86. The summed E-state index contributed by atoms with van der Waals surface area (Å²) in [4.78, 5) is 23.2. The monoisotopic (exact) mass is 202 g/mol. The molecule has 1 saturated carbocycles. The van der Waals surface area contributed by atoms with E-state index in [2.05, 4.69) is 0 Å². The molecule has 2 amide bonds. The van der Waals surface area contributed by atoms with Crippen LogP contribution in [0.15, 0.2) is 0 Å². The minimum absolute atomic E-state index is 0.424. The first-order chi connectivity index (χ1) is 6.37. The van der Waals surface area contributed by atoms with Gasteiger partial charge in [0.25, 0.3) is 0 Å². The zero-order valence-corrected chi connectivity index (χ0v) is 8.15. The molecule has 0 saturated heterocycles. The normalized spacial score (nSPS) is 19.6. The topological polar surface area (TPSA) is 89.9 Å². The lowest BCUT2D eigenvalue weighted by Crippen LogP contribution is -2.53. The molecule has 1 rings (SSSR count). The molecule has 14 heavy (non-hydrogen) atoms. The lowest BCUT2D eigenvalue weighted by atomic mass is 10.1. The Hall–Kier alpha value is -1.30. The molecule has 1 aliphatic carbocycles. The molecule has 0 aromatic heterocycles. The zero-order valence-electron chi connectivity index (χ0n) is 8.15. The summed E-state index contributed by atoms with van der Waals surface area (Å²) in [5.41, 5.74) is -1.18. The number of carboxylic acid groups (broad SMARTS) is 1. The quantitative estimate of drug-likeness (QED) is 0.561. The molecule has 0 radical (unpaired) electrons. The van der Waals surface area contributed by atoms with Gasteiger partial charge in [-0.2, -0.15) is 0 Å².